The van der Waals surface area contributed by atoms with E-state index in [2.05, 4.69) is 21.6 Å². The third kappa shape index (κ3) is 4.96. The number of carbonyl (C=O) groups is 1. The van der Waals surface area contributed by atoms with Gasteiger partial charge in [0.2, 0.25) is 0 Å². The van der Waals surface area contributed by atoms with Crippen molar-refractivity contribution in [1.82, 2.24) is 20.4 Å². The number of rotatable bonds is 7. The molecule has 0 atom stereocenters. The lowest BCUT2D eigenvalue weighted by Gasteiger charge is -2.17. The molecule has 0 aliphatic heterocycles. The third-order valence-electron chi connectivity index (χ3n) is 4.27. The van der Waals surface area contributed by atoms with Crippen LogP contribution in [-0.4, -0.2) is 34.7 Å². The highest BCUT2D eigenvalue weighted by Crippen LogP contribution is 2.17. The van der Waals surface area contributed by atoms with Gasteiger partial charge in [-0.15, -0.1) is 0 Å². The molecule has 0 spiro atoms. The summed E-state index contributed by atoms with van der Waals surface area (Å²) in [6.07, 6.45) is 1.74. The van der Waals surface area contributed by atoms with Crippen molar-refractivity contribution in [1.29, 1.82) is 0 Å². The average Bonchev–Trinajstić information content (AvgIpc) is 3.16. The number of hydrogen-bond acceptors (Lipinski definition) is 2. The molecule has 1 heterocycles. The lowest BCUT2D eigenvalue weighted by atomic mass is 10.1. The van der Waals surface area contributed by atoms with Gasteiger partial charge < -0.3 is 10.2 Å². The fourth-order valence-corrected chi connectivity index (χ4v) is 2.76. The number of nitrogens with one attached hydrogen (secondary N) is 2. The van der Waals surface area contributed by atoms with Crippen molar-refractivity contribution < 1.29 is 4.79 Å². The first-order chi connectivity index (χ1) is 12.7. The van der Waals surface area contributed by atoms with Gasteiger partial charge >= 0.3 is 6.03 Å². The van der Waals surface area contributed by atoms with E-state index in [1.807, 2.05) is 67.7 Å². The normalized spacial score (nSPS) is 10.5. The molecule has 5 heteroatoms. The molecule has 0 saturated heterocycles. The van der Waals surface area contributed by atoms with Crippen molar-refractivity contribution in [3.63, 3.8) is 0 Å². The summed E-state index contributed by atoms with van der Waals surface area (Å²) in [5.41, 5.74) is 4.24. The number of H-pyrrole nitrogens is 1. The second-order valence-electron chi connectivity index (χ2n) is 6.31. The molecular weight excluding hydrogens is 324 g/mol. The van der Waals surface area contributed by atoms with Gasteiger partial charge in [-0.2, -0.15) is 5.10 Å². The number of hydrogen-bond donors (Lipinski definition) is 2. The zero-order valence-corrected chi connectivity index (χ0v) is 15.0. The predicted octanol–water partition coefficient (Wildman–Crippen LogP) is 3.85. The lowest BCUT2D eigenvalue weighted by molar-refractivity contribution is 0.208. The fraction of sp³-hybridized carbons (Fsp3) is 0.238. The average molecular weight is 348 g/mol. The highest BCUT2D eigenvalue weighted by atomic mass is 16.2. The quantitative estimate of drug-likeness (QED) is 0.681. The van der Waals surface area contributed by atoms with Gasteiger partial charge in [0.1, 0.15) is 0 Å². The molecule has 0 radical (unpaired) electrons. The number of carbonyl (C=O) groups excluding carboxylic acids is 1. The Morgan fingerprint density at radius 1 is 1.08 bits per heavy atom. The van der Waals surface area contributed by atoms with Crippen LogP contribution in [-0.2, 0) is 13.0 Å². The second kappa shape index (κ2) is 8.85. The Labute approximate surface area is 154 Å². The number of urea groups is 1. The topological polar surface area (TPSA) is 61.0 Å². The summed E-state index contributed by atoms with van der Waals surface area (Å²) < 4.78 is 0. The van der Waals surface area contributed by atoms with Gasteiger partial charge in [-0.1, -0.05) is 60.7 Å². The van der Waals surface area contributed by atoms with E-state index in [1.165, 1.54) is 0 Å². The maximum atomic E-state index is 12.1. The number of benzene rings is 2. The van der Waals surface area contributed by atoms with Crippen LogP contribution in [0.15, 0.2) is 66.7 Å². The lowest BCUT2D eigenvalue weighted by Crippen LogP contribution is -2.37. The Morgan fingerprint density at radius 3 is 2.50 bits per heavy atom. The zero-order chi connectivity index (χ0) is 18.2. The minimum absolute atomic E-state index is 0.0524. The molecule has 0 saturated carbocycles. The van der Waals surface area contributed by atoms with Crippen LogP contribution in [0, 0.1) is 0 Å². The van der Waals surface area contributed by atoms with Gasteiger partial charge in [0, 0.05) is 31.4 Å². The van der Waals surface area contributed by atoms with E-state index >= 15 is 0 Å². The van der Waals surface area contributed by atoms with Crippen LogP contribution in [0.1, 0.15) is 17.7 Å². The Bertz CT molecular complexity index is 814. The Kier molecular flexibility index (Phi) is 6.04. The summed E-state index contributed by atoms with van der Waals surface area (Å²) in [5.74, 6) is 0. The highest BCUT2D eigenvalue weighted by molar-refractivity contribution is 5.73. The molecule has 0 fully saturated rings. The van der Waals surface area contributed by atoms with Crippen molar-refractivity contribution in [2.75, 3.05) is 13.6 Å². The first kappa shape index (κ1) is 17.7. The predicted molar refractivity (Wildman–Crippen MR) is 104 cm³/mol. The molecule has 0 bridgehead atoms. The van der Waals surface area contributed by atoms with Gasteiger partial charge in [0.15, 0.2) is 0 Å². The van der Waals surface area contributed by atoms with Gasteiger partial charge in [-0.25, -0.2) is 4.79 Å². The number of aromatic amines is 1. The molecule has 26 heavy (non-hydrogen) atoms. The van der Waals surface area contributed by atoms with Crippen LogP contribution in [0.3, 0.4) is 0 Å². The summed E-state index contributed by atoms with van der Waals surface area (Å²) in [7, 11) is 1.82. The summed E-state index contributed by atoms with van der Waals surface area (Å²) in [6, 6.07) is 22.0. The van der Waals surface area contributed by atoms with E-state index in [9.17, 15) is 4.79 Å². The molecule has 2 N–H and O–H groups in total. The fourth-order valence-electron chi connectivity index (χ4n) is 2.76. The smallest absolute Gasteiger partial charge is 0.317 e. The van der Waals surface area contributed by atoms with E-state index in [0.717, 1.165) is 35.4 Å². The molecular formula is C21H24N4O. The summed E-state index contributed by atoms with van der Waals surface area (Å²) in [6.45, 7) is 1.24. The van der Waals surface area contributed by atoms with E-state index in [0.29, 0.717) is 13.1 Å². The van der Waals surface area contributed by atoms with Crippen molar-refractivity contribution in [3.05, 3.63) is 78.0 Å². The molecule has 134 valence electrons. The molecule has 1 aromatic heterocycles. The Morgan fingerprint density at radius 2 is 1.77 bits per heavy atom. The summed E-state index contributed by atoms with van der Waals surface area (Å²) >= 11 is 0. The second-order valence-corrected chi connectivity index (χ2v) is 6.31. The molecule has 3 rings (SSSR count). The molecule has 0 aliphatic rings. The monoisotopic (exact) mass is 348 g/mol. The number of aryl methyl sites for hydroxylation is 1. The van der Waals surface area contributed by atoms with Gasteiger partial charge in [-0.05, 0) is 24.5 Å². The first-order valence-electron chi connectivity index (χ1n) is 8.85. The van der Waals surface area contributed by atoms with E-state index in [1.54, 1.807) is 4.90 Å². The van der Waals surface area contributed by atoms with Crippen LogP contribution < -0.4 is 5.32 Å². The maximum Gasteiger partial charge on any atom is 0.317 e. The maximum absolute atomic E-state index is 12.1. The van der Waals surface area contributed by atoms with Crippen LogP contribution in [0.2, 0.25) is 0 Å². The number of aromatic nitrogens is 2. The summed E-state index contributed by atoms with van der Waals surface area (Å²) in [5, 5.41) is 10.4. The van der Waals surface area contributed by atoms with Crippen molar-refractivity contribution in [2.45, 2.75) is 19.4 Å². The van der Waals surface area contributed by atoms with Crippen molar-refractivity contribution in [2.24, 2.45) is 0 Å². The summed E-state index contributed by atoms with van der Waals surface area (Å²) in [4.78, 5) is 13.9. The molecule has 5 nitrogen and oxygen atoms in total. The third-order valence-corrected chi connectivity index (χ3v) is 4.27. The first-order valence-corrected chi connectivity index (χ1v) is 8.85. The highest BCUT2D eigenvalue weighted by Gasteiger charge is 2.09. The minimum Gasteiger partial charge on any atom is -0.334 e. The standard InChI is InChI=1S/C21H24N4O/c1-25(21(26)22-16-17-9-4-2-5-10-17)14-8-13-19-15-20(24-23-19)18-11-6-3-7-12-18/h2-7,9-12,15H,8,13-14,16H2,1H3,(H,22,26)(H,23,24). The largest absolute Gasteiger partial charge is 0.334 e. The van der Waals surface area contributed by atoms with Gasteiger partial charge in [-0.3, -0.25) is 5.10 Å². The van der Waals surface area contributed by atoms with E-state index < -0.39 is 0 Å². The minimum atomic E-state index is -0.0524. The van der Waals surface area contributed by atoms with Gasteiger partial charge in [0.05, 0.1) is 5.69 Å². The van der Waals surface area contributed by atoms with Crippen molar-refractivity contribution >= 4 is 6.03 Å². The Balaban J connectivity index is 1.41. The number of nitrogens with zero attached hydrogens (tertiary/aromatic N) is 2. The molecule has 2 aromatic carbocycles. The molecule has 0 aliphatic carbocycles. The number of amides is 2. The van der Waals surface area contributed by atoms with E-state index in [4.69, 9.17) is 0 Å². The zero-order valence-electron chi connectivity index (χ0n) is 15.0. The van der Waals surface area contributed by atoms with Crippen molar-refractivity contribution in [3.8, 4) is 11.3 Å². The van der Waals surface area contributed by atoms with Crippen LogP contribution in [0.25, 0.3) is 11.3 Å². The molecule has 2 amide bonds. The molecule has 3 aromatic rings. The molecule has 0 unspecified atom stereocenters. The van der Waals surface area contributed by atoms with Crippen LogP contribution in [0.4, 0.5) is 4.79 Å². The van der Waals surface area contributed by atoms with Gasteiger partial charge in [0.25, 0.3) is 0 Å². The van der Waals surface area contributed by atoms with Crippen LogP contribution in [0.5, 0.6) is 0 Å². The van der Waals surface area contributed by atoms with Crippen LogP contribution >= 0.6 is 0 Å². The SMILES string of the molecule is CN(CCCc1cc(-c2ccccc2)n[nH]1)C(=O)NCc1ccccc1. The Hall–Kier alpha value is -3.08. The van der Waals surface area contributed by atoms with E-state index in [-0.39, 0.29) is 6.03 Å².